The maximum atomic E-state index is 14.4. The van der Waals surface area contributed by atoms with Gasteiger partial charge in [0.15, 0.2) is 0 Å². The highest BCUT2D eigenvalue weighted by Gasteiger charge is 2.71. The van der Waals surface area contributed by atoms with Crippen LogP contribution in [0.25, 0.3) is 0 Å². The van der Waals surface area contributed by atoms with Crippen LogP contribution in [0.3, 0.4) is 0 Å². The Balaban J connectivity index is 1.09. The number of nitrogens with zero attached hydrogens (tertiary/aromatic N) is 2. The first-order valence-electron chi connectivity index (χ1n) is 21.9. The molecule has 0 radical (unpaired) electrons. The molecule has 2 aliphatic heterocycles. The fourth-order valence-electron chi connectivity index (χ4n) is 15.5. The Morgan fingerprint density at radius 1 is 0.833 bits per heavy atom. The average molecular weight is 751 g/mol. The van der Waals surface area contributed by atoms with Gasteiger partial charge in [-0.2, -0.15) is 0 Å². The molecule has 7 fully saturated rings. The van der Waals surface area contributed by atoms with Crippen molar-refractivity contribution in [1.82, 2.24) is 9.80 Å². The summed E-state index contributed by atoms with van der Waals surface area (Å²) >= 11 is 0. The topological polar surface area (TPSA) is 96.4 Å². The second-order valence-corrected chi connectivity index (χ2v) is 21.9. The third kappa shape index (κ3) is 6.61. The summed E-state index contributed by atoms with van der Waals surface area (Å²) in [6.45, 7) is 28.6. The molecule has 0 aromatic carbocycles. The predicted octanol–water partition coefficient (Wildman–Crippen LogP) is 8.77. The molecule has 54 heavy (non-hydrogen) atoms. The lowest BCUT2D eigenvalue weighted by Gasteiger charge is -2.73. The summed E-state index contributed by atoms with van der Waals surface area (Å²) in [5.41, 5.74) is 1.19. The van der Waals surface area contributed by atoms with Crippen molar-refractivity contribution in [3.63, 3.8) is 0 Å². The van der Waals surface area contributed by atoms with E-state index in [9.17, 15) is 19.5 Å². The lowest BCUT2D eigenvalue weighted by Crippen LogP contribution is -2.67. The molecule has 8 nitrogen and oxygen atoms in total. The van der Waals surface area contributed by atoms with Crippen molar-refractivity contribution in [1.29, 1.82) is 0 Å². The van der Waals surface area contributed by atoms with E-state index in [2.05, 4.69) is 57.9 Å². The molecule has 0 bridgehead atoms. The van der Waals surface area contributed by atoms with Gasteiger partial charge in [-0.05, 0) is 134 Å². The van der Waals surface area contributed by atoms with E-state index in [1.54, 1.807) is 0 Å². The third-order valence-corrected chi connectivity index (χ3v) is 18.3. The molecule has 0 spiro atoms. The van der Waals surface area contributed by atoms with Gasteiger partial charge in [0.2, 0.25) is 5.91 Å². The highest BCUT2D eigenvalue weighted by Crippen LogP contribution is 2.78. The minimum atomic E-state index is -0.879. The van der Waals surface area contributed by atoms with Gasteiger partial charge in [0.05, 0.1) is 26.1 Å². The zero-order valence-corrected chi connectivity index (χ0v) is 35.3. The van der Waals surface area contributed by atoms with E-state index >= 15 is 0 Å². The van der Waals surface area contributed by atoms with E-state index in [0.717, 1.165) is 77.9 Å². The van der Waals surface area contributed by atoms with Crippen LogP contribution in [0.4, 0.5) is 0 Å². The highest BCUT2D eigenvalue weighted by molar-refractivity contribution is 5.77. The lowest BCUT2D eigenvalue weighted by molar-refractivity contribution is -0.250. The molecule has 2 heterocycles. The molecule has 8 heteroatoms. The van der Waals surface area contributed by atoms with E-state index in [-0.39, 0.29) is 52.0 Å². The number of carboxylic acid groups (broad SMARTS) is 1. The number of fused-ring (bicyclic) bond motifs is 7. The van der Waals surface area contributed by atoms with Crippen molar-refractivity contribution < 1.29 is 29.0 Å². The predicted molar refractivity (Wildman–Crippen MR) is 211 cm³/mol. The molecule has 1 N–H and O–H groups in total. The maximum absolute atomic E-state index is 14.4. The van der Waals surface area contributed by atoms with Gasteiger partial charge < -0.3 is 19.5 Å². The van der Waals surface area contributed by atoms with Crippen molar-refractivity contribution in [3.05, 3.63) is 12.2 Å². The Labute approximate surface area is 326 Å². The molecule has 7 aliphatic rings. The van der Waals surface area contributed by atoms with Crippen LogP contribution in [-0.4, -0.2) is 84.3 Å². The summed E-state index contributed by atoms with van der Waals surface area (Å²) in [6, 6.07) is 0.474. The molecule has 304 valence electrons. The summed E-state index contributed by atoms with van der Waals surface area (Å²) in [6.07, 6.45) is 13.2. The summed E-state index contributed by atoms with van der Waals surface area (Å²) in [4.78, 5) is 43.8. The number of allylic oxidation sites excluding steroid dienone is 1. The Morgan fingerprint density at radius 3 is 2.24 bits per heavy atom. The molecular formula is C46H74N2O6. The number of carbonyl (C=O) groups excluding carboxylic acids is 2. The Hall–Kier alpha value is -1.93. The maximum Gasteiger partial charge on any atom is 0.306 e. The van der Waals surface area contributed by atoms with E-state index in [0.29, 0.717) is 48.0 Å². The van der Waals surface area contributed by atoms with Crippen molar-refractivity contribution in [2.75, 3.05) is 39.4 Å². The summed E-state index contributed by atoms with van der Waals surface area (Å²) in [7, 11) is 0. The Kier molecular flexibility index (Phi) is 10.6. The molecule has 2 saturated heterocycles. The SMILES string of the molecule is C=C(C)[C@@H]1CC[C@]2(CC(=O)N3CC[C@H](N4CCOCC4)C3)CC[C@]3(C)[C@H](CC[C@@H]4[C@@]5(C)CC[C@H](OC(=O)CC(C)(C)CC(=O)O)C(C)(C)[C@@H]5CC[C@]43C)[C@@H]12. The van der Waals surface area contributed by atoms with Crippen LogP contribution in [-0.2, 0) is 23.9 Å². The Morgan fingerprint density at radius 2 is 1.56 bits per heavy atom. The first kappa shape index (κ1) is 40.3. The van der Waals surface area contributed by atoms with Crippen LogP contribution < -0.4 is 0 Å². The fourth-order valence-corrected chi connectivity index (χ4v) is 15.5. The molecule has 5 aliphatic carbocycles. The third-order valence-electron chi connectivity index (χ3n) is 18.3. The van der Waals surface area contributed by atoms with Gasteiger partial charge in [0, 0.05) is 44.1 Å². The number of aliphatic carboxylic acids is 1. The number of hydrogen-bond acceptors (Lipinski definition) is 6. The largest absolute Gasteiger partial charge is 0.481 e. The molecule has 5 saturated carbocycles. The second kappa shape index (κ2) is 14.2. The number of hydrogen-bond donors (Lipinski definition) is 1. The van der Waals surface area contributed by atoms with E-state index in [1.807, 2.05) is 13.8 Å². The molecule has 0 aromatic heterocycles. The number of morpholine rings is 1. The quantitative estimate of drug-likeness (QED) is 0.186. The van der Waals surface area contributed by atoms with Gasteiger partial charge in [0.1, 0.15) is 6.10 Å². The monoisotopic (exact) mass is 751 g/mol. The molecular weight excluding hydrogens is 677 g/mol. The molecule has 1 amide bonds. The van der Waals surface area contributed by atoms with Gasteiger partial charge in [-0.15, -0.1) is 0 Å². The Bertz CT molecular complexity index is 1480. The van der Waals surface area contributed by atoms with Gasteiger partial charge in [-0.25, -0.2) is 0 Å². The van der Waals surface area contributed by atoms with Crippen LogP contribution in [0.5, 0.6) is 0 Å². The minimum absolute atomic E-state index is 0.0451. The molecule has 7 rings (SSSR count). The van der Waals surface area contributed by atoms with Crippen LogP contribution in [0.2, 0.25) is 0 Å². The van der Waals surface area contributed by atoms with E-state index in [4.69, 9.17) is 9.47 Å². The van der Waals surface area contributed by atoms with Gasteiger partial charge in [-0.3, -0.25) is 19.3 Å². The van der Waals surface area contributed by atoms with Crippen LogP contribution in [0.15, 0.2) is 12.2 Å². The summed E-state index contributed by atoms with van der Waals surface area (Å²) in [5.74, 6) is 1.95. The van der Waals surface area contributed by atoms with Crippen LogP contribution >= 0.6 is 0 Å². The second-order valence-electron chi connectivity index (χ2n) is 21.9. The normalized spacial score (nSPS) is 43.3. The zero-order chi connectivity index (χ0) is 39.1. The molecule has 0 aromatic rings. The van der Waals surface area contributed by atoms with Crippen molar-refractivity contribution in [3.8, 4) is 0 Å². The highest BCUT2D eigenvalue weighted by atomic mass is 16.5. The molecule has 11 atom stereocenters. The first-order valence-corrected chi connectivity index (χ1v) is 21.9. The number of likely N-dealkylation sites (tertiary alicyclic amines) is 1. The van der Waals surface area contributed by atoms with Crippen molar-refractivity contribution in [2.45, 2.75) is 157 Å². The number of carbonyl (C=O) groups is 3. The standard InChI is InChI=1S/C46H74N2O6/c1-30(2)32-12-18-46(26-37(49)48-21-15-31(29-48)47-22-24-53-25-23-47)20-19-44(8)33(40(32)46)10-11-35-43(7)16-14-36(42(5,6)34(43)13-17-45(35,44)9)54-39(52)28-41(3,4)27-38(50)51/h31-36,40H,1,10-29H2,2-9H3,(H,50,51)/t31-,32-,33+,34-,35+,36-,40+,43-,44+,45+,46+/m0/s1. The van der Waals surface area contributed by atoms with Crippen molar-refractivity contribution >= 4 is 17.8 Å². The minimum Gasteiger partial charge on any atom is -0.481 e. The van der Waals surface area contributed by atoms with Crippen LogP contribution in [0.1, 0.15) is 145 Å². The summed E-state index contributed by atoms with van der Waals surface area (Å²) < 4.78 is 11.9. The van der Waals surface area contributed by atoms with Crippen LogP contribution in [0, 0.1) is 62.1 Å². The lowest BCUT2D eigenvalue weighted by atomic mass is 9.32. The number of esters is 1. The first-order chi connectivity index (χ1) is 25.3. The van der Waals surface area contributed by atoms with Gasteiger partial charge >= 0.3 is 11.9 Å². The number of amides is 1. The summed E-state index contributed by atoms with van der Waals surface area (Å²) in [5, 5.41) is 9.37. The van der Waals surface area contributed by atoms with Gasteiger partial charge in [0.25, 0.3) is 0 Å². The number of ether oxygens (including phenoxy) is 2. The van der Waals surface area contributed by atoms with E-state index in [1.165, 1.54) is 37.7 Å². The number of carboxylic acids is 1. The van der Waals surface area contributed by atoms with Gasteiger partial charge in [-0.1, -0.05) is 60.6 Å². The van der Waals surface area contributed by atoms with Crippen molar-refractivity contribution in [2.24, 2.45) is 62.1 Å². The smallest absolute Gasteiger partial charge is 0.306 e. The fraction of sp³-hybridized carbons (Fsp3) is 0.891. The number of rotatable bonds is 9. The molecule has 0 unspecified atom stereocenters. The average Bonchev–Trinajstić information content (AvgIpc) is 3.72. The van der Waals surface area contributed by atoms with E-state index < -0.39 is 11.4 Å². The zero-order valence-electron chi connectivity index (χ0n) is 35.3.